The fourth-order valence-electron chi connectivity index (χ4n) is 3.16. The fourth-order valence-corrected chi connectivity index (χ4v) is 3.16. The lowest BCUT2D eigenvalue weighted by Crippen LogP contribution is -2.05. The Morgan fingerprint density at radius 3 is 2.83 bits per heavy atom. The lowest BCUT2D eigenvalue weighted by molar-refractivity contribution is 0.320. The van der Waals surface area contributed by atoms with E-state index in [-0.39, 0.29) is 5.56 Å². The number of nitrogens with one attached hydrogen (secondary N) is 2. The van der Waals surface area contributed by atoms with Crippen LogP contribution in [0.5, 0.6) is 5.75 Å². The van der Waals surface area contributed by atoms with Crippen LogP contribution in [0.2, 0.25) is 0 Å². The van der Waals surface area contributed by atoms with Crippen LogP contribution in [0, 0.1) is 0 Å². The first-order valence-corrected chi connectivity index (χ1v) is 9.53. The molecule has 0 unspecified atom stereocenters. The lowest BCUT2D eigenvalue weighted by atomic mass is 10.1. The van der Waals surface area contributed by atoms with Gasteiger partial charge in [-0.05, 0) is 55.3 Å². The first-order chi connectivity index (χ1) is 14.2. The molecule has 0 fully saturated rings. The number of H-pyrrole nitrogens is 2. The van der Waals surface area contributed by atoms with Crippen LogP contribution in [0.1, 0.15) is 24.6 Å². The highest BCUT2D eigenvalue weighted by atomic mass is 16.5. The van der Waals surface area contributed by atoms with Crippen LogP contribution in [0.15, 0.2) is 82.5 Å². The smallest absolute Gasteiger partial charge is 0.248 e. The topological polar surface area (TPSA) is 83.1 Å². The number of ether oxygens (including phenoxy) is 1. The molecule has 2 aromatic heterocycles. The molecule has 1 aliphatic heterocycles. The Bertz CT molecular complexity index is 1130. The van der Waals surface area contributed by atoms with Crippen molar-refractivity contribution in [1.29, 1.82) is 0 Å². The summed E-state index contributed by atoms with van der Waals surface area (Å²) in [5.74, 6) is 0.802. The van der Waals surface area contributed by atoms with Crippen molar-refractivity contribution >= 4 is 5.71 Å². The maximum atomic E-state index is 11.5. The van der Waals surface area contributed by atoms with Crippen molar-refractivity contribution in [2.75, 3.05) is 6.61 Å². The molecule has 0 saturated heterocycles. The van der Waals surface area contributed by atoms with Crippen LogP contribution in [-0.4, -0.2) is 27.5 Å². The molecule has 0 saturated carbocycles. The SMILES string of the molecule is CC1=CN=C(c2ccc(OCCc3[nH]ncc3-c3cc[nH]c(=O)c3)cc2)C=CC1. The second-order valence-corrected chi connectivity index (χ2v) is 6.92. The van der Waals surface area contributed by atoms with E-state index in [1.165, 1.54) is 5.57 Å². The van der Waals surface area contributed by atoms with Gasteiger partial charge in [-0.3, -0.25) is 14.9 Å². The molecule has 146 valence electrons. The average molecular weight is 386 g/mol. The number of pyridine rings is 1. The highest BCUT2D eigenvalue weighted by molar-refractivity contribution is 6.09. The summed E-state index contributed by atoms with van der Waals surface area (Å²) in [5, 5.41) is 7.11. The van der Waals surface area contributed by atoms with Gasteiger partial charge in [0.2, 0.25) is 5.56 Å². The minimum Gasteiger partial charge on any atom is -0.493 e. The van der Waals surface area contributed by atoms with Crippen molar-refractivity contribution in [3.8, 4) is 16.9 Å². The summed E-state index contributed by atoms with van der Waals surface area (Å²) in [5.41, 5.74) is 5.81. The summed E-state index contributed by atoms with van der Waals surface area (Å²) in [6, 6.07) is 11.4. The number of aliphatic imine (C=N–C) groups is 1. The number of hydrogen-bond donors (Lipinski definition) is 2. The summed E-state index contributed by atoms with van der Waals surface area (Å²) >= 11 is 0. The fraction of sp³-hybridized carbons (Fsp3) is 0.174. The van der Waals surface area contributed by atoms with Crippen molar-refractivity contribution < 1.29 is 4.74 Å². The summed E-state index contributed by atoms with van der Waals surface area (Å²) in [4.78, 5) is 18.7. The lowest BCUT2D eigenvalue weighted by Gasteiger charge is -2.08. The average Bonchev–Trinajstić information content (AvgIpc) is 3.09. The molecule has 0 atom stereocenters. The van der Waals surface area contributed by atoms with E-state index < -0.39 is 0 Å². The van der Waals surface area contributed by atoms with Crippen molar-refractivity contribution in [3.05, 3.63) is 94.3 Å². The van der Waals surface area contributed by atoms with Gasteiger partial charge in [0.05, 0.1) is 18.5 Å². The van der Waals surface area contributed by atoms with Crippen molar-refractivity contribution in [2.45, 2.75) is 19.8 Å². The van der Waals surface area contributed by atoms with Gasteiger partial charge in [-0.2, -0.15) is 5.10 Å². The van der Waals surface area contributed by atoms with Gasteiger partial charge in [-0.15, -0.1) is 0 Å². The molecular weight excluding hydrogens is 364 g/mol. The zero-order valence-electron chi connectivity index (χ0n) is 16.2. The molecule has 3 heterocycles. The minimum atomic E-state index is -0.134. The number of nitrogens with zero attached hydrogens (tertiary/aromatic N) is 2. The van der Waals surface area contributed by atoms with Crippen LogP contribution in [-0.2, 0) is 6.42 Å². The first-order valence-electron chi connectivity index (χ1n) is 9.53. The van der Waals surface area contributed by atoms with E-state index in [2.05, 4.69) is 39.2 Å². The van der Waals surface area contributed by atoms with Gasteiger partial charge in [0.15, 0.2) is 0 Å². The van der Waals surface area contributed by atoms with Crippen LogP contribution < -0.4 is 10.3 Å². The molecule has 0 bridgehead atoms. The summed E-state index contributed by atoms with van der Waals surface area (Å²) in [6.07, 6.45) is 11.1. The normalized spacial score (nSPS) is 13.6. The zero-order valence-corrected chi connectivity index (χ0v) is 16.2. The molecule has 1 aliphatic rings. The summed E-state index contributed by atoms with van der Waals surface area (Å²) in [7, 11) is 0. The van der Waals surface area contributed by atoms with Crippen molar-refractivity contribution in [1.82, 2.24) is 15.2 Å². The Kier molecular flexibility index (Phi) is 5.52. The van der Waals surface area contributed by atoms with Gasteiger partial charge in [-0.25, -0.2) is 0 Å². The van der Waals surface area contributed by atoms with Crippen LogP contribution >= 0.6 is 0 Å². The minimum absolute atomic E-state index is 0.134. The number of hydrogen-bond acceptors (Lipinski definition) is 4. The van der Waals surface area contributed by atoms with Gasteiger partial charge in [0.1, 0.15) is 5.75 Å². The maximum absolute atomic E-state index is 11.5. The predicted octanol–water partition coefficient (Wildman–Crippen LogP) is 4.04. The van der Waals surface area contributed by atoms with Crippen LogP contribution in [0.25, 0.3) is 11.1 Å². The van der Waals surface area contributed by atoms with Crippen LogP contribution in [0.4, 0.5) is 0 Å². The van der Waals surface area contributed by atoms with Gasteiger partial charge in [0.25, 0.3) is 0 Å². The number of rotatable bonds is 6. The number of benzene rings is 1. The molecule has 3 aromatic rings. The van der Waals surface area contributed by atoms with E-state index in [4.69, 9.17) is 4.74 Å². The third kappa shape index (κ3) is 4.60. The molecule has 0 radical (unpaired) electrons. The number of allylic oxidation sites excluding steroid dienone is 3. The van der Waals surface area contributed by atoms with E-state index in [0.717, 1.165) is 40.3 Å². The van der Waals surface area contributed by atoms with Crippen LogP contribution in [0.3, 0.4) is 0 Å². The molecule has 0 aliphatic carbocycles. The largest absolute Gasteiger partial charge is 0.493 e. The summed E-state index contributed by atoms with van der Waals surface area (Å²) in [6.45, 7) is 2.58. The molecule has 0 amide bonds. The quantitative estimate of drug-likeness (QED) is 0.671. The monoisotopic (exact) mass is 386 g/mol. The maximum Gasteiger partial charge on any atom is 0.248 e. The predicted molar refractivity (Wildman–Crippen MR) is 114 cm³/mol. The second-order valence-electron chi connectivity index (χ2n) is 6.92. The standard InChI is InChI=1S/C23H22N4O2/c1-16-3-2-4-21(25-14-16)17-5-7-19(8-6-17)29-12-10-22-20(15-26-27-22)18-9-11-24-23(28)13-18/h2,4-9,11,13-15H,3,10,12H2,1H3,(H,24,28)(H,26,27). The number of aromatic nitrogens is 3. The van der Waals surface area contributed by atoms with Gasteiger partial charge < -0.3 is 9.72 Å². The molecule has 1 aromatic carbocycles. The molecule has 6 heteroatoms. The highest BCUT2D eigenvalue weighted by Crippen LogP contribution is 2.21. The van der Waals surface area contributed by atoms with Crippen molar-refractivity contribution in [2.24, 2.45) is 4.99 Å². The Labute approximate surface area is 168 Å². The molecule has 4 rings (SSSR count). The Morgan fingerprint density at radius 1 is 1.14 bits per heavy atom. The number of aromatic amines is 2. The van der Waals surface area contributed by atoms with E-state index in [9.17, 15) is 4.79 Å². The van der Waals surface area contributed by atoms with E-state index in [1.54, 1.807) is 18.5 Å². The summed E-state index contributed by atoms with van der Waals surface area (Å²) < 4.78 is 5.89. The third-order valence-corrected chi connectivity index (χ3v) is 4.71. The molecular formula is C23H22N4O2. The Hall–Kier alpha value is -3.67. The van der Waals surface area contributed by atoms with E-state index >= 15 is 0 Å². The van der Waals surface area contributed by atoms with E-state index in [0.29, 0.717) is 13.0 Å². The first kappa shape index (κ1) is 18.7. The highest BCUT2D eigenvalue weighted by Gasteiger charge is 2.09. The van der Waals surface area contributed by atoms with Gasteiger partial charge in [0, 0.05) is 41.7 Å². The molecule has 2 N–H and O–H groups in total. The molecule has 29 heavy (non-hydrogen) atoms. The Morgan fingerprint density at radius 2 is 2.00 bits per heavy atom. The second kappa shape index (κ2) is 8.56. The Balaban J connectivity index is 1.39. The third-order valence-electron chi connectivity index (χ3n) is 4.71. The van der Waals surface area contributed by atoms with E-state index in [1.807, 2.05) is 36.5 Å². The van der Waals surface area contributed by atoms with Gasteiger partial charge >= 0.3 is 0 Å². The van der Waals surface area contributed by atoms with Crippen molar-refractivity contribution in [3.63, 3.8) is 0 Å². The molecule has 0 spiro atoms. The van der Waals surface area contributed by atoms with Gasteiger partial charge in [-0.1, -0.05) is 11.6 Å². The zero-order chi connectivity index (χ0) is 20.1. The molecule has 6 nitrogen and oxygen atoms in total.